The molecule has 0 saturated carbocycles. The first-order valence-corrected chi connectivity index (χ1v) is 8.37. The highest BCUT2D eigenvalue weighted by molar-refractivity contribution is 5.91. The van der Waals surface area contributed by atoms with E-state index in [0.717, 1.165) is 11.1 Å². The molecule has 0 saturated heterocycles. The number of aryl methyl sites for hydroxylation is 2. The second-order valence-electron chi connectivity index (χ2n) is 6.03. The fourth-order valence-electron chi connectivity index (χ4n) is 2.14. The number of aromatic hydroxyl groups is 2. The van der Waals surface area contributed by atoms with E-state index in [0.29, 0.717) is 11.3 Å². The Bertz CT molecular complexity index is 959. The van der Waals surface area contributed by atoms with Crippen LogP contribution in [-0.2, 0) is 0 Å². The van der Waals surface area contributed by atoms with Crippen molar-refractivity contribution in [1.82, 2.24) is 0 Å². The van der Waals surface area contributed by atoms with Crippen molar-refractivity contribution >= 4 is 11.9 Å². The summed E-state index contributed by atoms with van der Waals surface area (Å²) < 4.78 is 5.26. The van der Waals surface area contributed by atoms with Gasteiger partial charge in [-0.1, -0.05) is 6.07 Å². The zero-order valence-electron chi connectivity index (χ0n) is 15.4. The summed E-state index contributed by atoms with van der Waals surface area (Å²) in [5.41, 5.74) is 2.81. The van der Waals surface area contributed by atoms with Crippen LogP contribution in [0.4, 0.5) is 0 Å². The molecule has 0 aromatic heterocycles. The van der Waals surface area contributed by atoms with E-state index >= 15 is 0 Å². The van der Waals surface area contributed by atoms with Gasteiger partial charge in [-0.15, -0.1) is 0 Å². The van der Waals surface area contributed by atoms with Crippen molar-refractivity contribution in [2.45, 2.75) is 13.8 Å². The van der Waals surface area contributed by atoms with Crippen LogP contribution < -0.4 is 4.74 Å². The third-order valence-electron chi connectivity index (χ3n) is 3.91. The van der Waals surface area contributed by atoms with Crippen LogP contribution in [0.5, 0.6) is 17.2 Å². The lowest BCUT2D eigenvalue weighted by atomic mass is 10.1. The number of rotatable bonds is 3. The fraction of sp³-hybridized carbons (Fsp3) is 0.0909. The van der Waals surface area contributed by atoms with Crippen molar-refractivity contribution in [3.8, 4) is 17.2 Å². The van der Waals surface area contributed by atoms with Gasteiger partial charge in [-0.05, 0) is 85.6 Å². The summed E-state index contributed by atoms with van der Waals surface area (Å²) in [4.78, 5) is 22.0. The molecule has 0 radical (unpaired) electrons. The Kier molecular flexibility index (Phi) is 6.76. The quantitative estimate of drug-likeness (QED) is 0.462. The minimum Gasteiger partial charge on any atom is -0.508 e. The minimum atomic E-state index is -0.986. The molecule has 3 rings (SSSR count). The average Bonchev–Trinajstić information content (AvgIpc) is 2.66. The Balaban J connectivity index is 0.000000237. The van der Waals surface area contributed by atoms with Crippen LogP contribution in [0.1, 0.15) is 31.8 Å². The molecule has 0 atom stereocenters. The predicted molar refractivity (Wildman–Crippen MR) is 104 cm³/mol. The molecule has 3 aromatic carbocycles. The number of aromatic carboxylic acids is 1. The first kappa shape index (κ1) is 20.5. The number of carboxylic acids is 1. The van der Waals surface area contributed by atoms with Gasteiger partial charge in [0, 0.05) is 0 Å². The molecular formula is C22H20O6. The van der Waals surface area contributed by atoms with E-state index in [9.17, 15) is 9.59 Å². The molecule has 0 heterocycles. The highest BCUT2D eigenvalue weighted by Gasteiger charge is 2.08. The maximum atomic E-state index is 11.8. The summed E-state index contributed by atoms with van der Waals surface area (Å²) in [5, 5.41) is 26.3. The van der Waals surface area contributed by atoms with Crippen LogP contribution in [0, 0.1) is 13.8 Å². The normalized spacial score (nSPS) is 9.79. The van der Waals surface area contributed by atoms with Gasteiger partial charge in [0.1, 0.15) is 17.2 Å². The summed E-state index contributed by atoms with van der Waals surface area (Å²) in [6.07, 6.45) is 0. The lowest BCUT2D eigenvalue weighted by molar-refractivity contribution is 0.0694. The third-order valence-corrected chi connectivity index (χ3v) is 3.91. The molecule has 3 N–H and O–H groups in total. The van der Waals surface area contributed by atoms with E-state index in [1.54, 1.807) is 6.07 Å². The highest BCUT2D eigenvalue weighted by atomic mass is 16.5. The third kappa shape index (κ3) is 5.88. The predicted octanol–water partition coefficient (Wildman–Crippen LogP) is 4.32. The second-order valence-corrected chi connectivity index (χ2v) is 6.03. The lowest BCUT2D eigenvalue weighted by Crippen LogP contribution is -2.08. The van der Waals surface area contributed by atoms with Gasteiger partial charge in [0.25, 0.3) is 0 Å². The summed E-state index contributed by atoms with van der Waals surface area (Å²) in [5.74, 6) is -0.697. The van der Waals surface area contributed by atoms with Gasteiger partial charge in [-0.25, -0.2) is 9.59 Å². The van der Waals surface area contributed by atoms with E-state index in [-0.39, 0.29) is 17.1 Å². The van der Waals surface area contributed by atoms with Crippen LogP contribution >= 0.6 is 0 Å². The summed E-state index contributed by atoms with van der Waals surface area (Å²) in [6, 6.07) is 16.8. The first-order valence-electron chi connectivity index (χ1n) is 8.37. The van der Waals surface area contributed by atoms with Crippen LogP contribution in [-0.4, -0.2) is 27.3 Å². The largest absolute Gasteiger partial charge is 0.508 e. The number of carbonyl (C=O) groups is 2. The summed E-state index contributed by atoms with van der Waals surface area (Å²) in [6.45, 7) is 3.97. The molecule has 0 aliphatic heterocycles. The highest BCUT2D eigenvalue weighted by Crippen LogP contribution is 2.18. The second kappa shape index (κ2) is 9.23. The lowest BCUT2D eigenvalue weighted by Gasteiger charge is -2.06. The Hall–Kier alpha value is -3.80. The van der Waals surface area contributed by atoms with E-state index in [1.807, 2.05) is 26.0 Å². The van der Waals surface area contributed by atoms with Crippen LogP contribution in [0.25, 0.3) is 0 Å². The Labute approximate surface area is 162 Å². The zero-order valence-corrected chi connectivity index (χ0v) is 15.4. The van der Waals surface area contributed by atoms with Gasteiger partial charge in [-0.2, -0.15) is 0 Å². The van der Waals surface area contributed by atoms with Crippen molar-refractivity contribution in [2.75, 3.05) is 0 Å². The molecule has 0 amide bonds. The number of hydrogen-bond donors (Lipinski definition) is 3. The molecule has 0 aliphatic carbocycles. The Morgan fingerprint density at radius 2 is 1.21 bits per heavy atom. The van der Waals surface area contributed by atoms with Crippen LogP contribution in [0.15, 0.2) is 66.7 Å². The number of esters is 1. The molecule has 28 heavy (non-hydrogen) atoms. The monoisotopic (exact) mass is 380 g/mol. The van der Waals surface area contributed by atoms with Crippen molar-refractivity contribution in [3.05, 3.63) is 89.0 Å². The molecule has 0 spiro atoms. The van der Waals surface area contributed by atoms with Crippen molar-refractivity contribution in [3.63, 3.8) is 0 Å². The fourth-order valence-corrected chi connectivity index (χ4v) is 2.14. The van der Waals surface area contributed by atoms with E-state index in [4.69, 9.17) is 20.1 Å². The maximum Gasteiger partial charge on any atom is 0.343 e. The van der Waals surface area contributed by atoms with Gasteiger partial charge < -0.3 is 20.1 Å². The minimum absolute atomic E-state index is 0.0741. The number of hydrogen-bond acceptors (Lipinski definition) is 5. The van der Waals surface area contributed by atoms with E-state index in [1.165, 1.54) is 48.5 Å². The van der Waals surface area contributed by atoms with Gasteiger partial charge >= 0.3 is 11.9 Å². The Morgan fingerprint density at radius 1 is 0.714 bits per heavy atom. The number of benzene rings is 3. The number of carboxylic acid groups (broad SMARTS) is 1. The maximum absolute atomic E-state index is 11.8. The standard InChI is InChI=1S/C15H14O3.C7H6O3/c1-10-3-8-14(9-11(10)2)18-15(17)12-4-6-13(16)7-5-12;8-6-3-1-5(2-4-6)7(9)10/h3-9,16H,1-2H3;1-4,8H,(H,9,10). The van der Waals surface area contributed by atoms with Gasteiger partial charge in [0.15, 0.2) is 0 Å². The molecule has 144 valence electrons. The molecule has 0 aliphatic rings. The number of phenols is 2. The number of phenolic OH excluding ortho intramolecular Hbond substituents is 2. The van der Waals surface area contributed by atoms with E-state index < -0.39 is 11.9 Å². The number of carbonyl (C=O) groups excluding carboxylic acids is 1. The van der Waals surface area contributed by atoms with Gasteiger partial charge in [0.05, 0.1) is 11.1 Å². The summed E-state index contributed by atoms with van der Waals surface area (Å²) in [7, 11) is 0. The van der Waals surface area contributed by atoms with Crippen molar-refractivity contribution in [1.29, 1.82) is 0 Å². The number of ether oxygens (including phenoxy) is 1. The molecule has 6 nitrogen and oxygen atoms in total. The van der Waals surface area contributed by atoms with Gasteiger partial charge in [0.2, 0.25) is 0 Å². The SMILES string of the molecule is Cc1ccc(OC(=O)c2ccc(O)cc2)cc1C.O=C(O)c1ccc(O)cc1. The molecule has 0 unspecified atom stereocenters. The topological polar surface area (TPSA) is 104 Å². The van der Waals surface area contributed by atoms with Crippen molar-refractivity contribution in [2.24, 2.45) is 0 Å². The molecule has 0 bridgehead atoms. The smallest absolute Gasteiger partial charge is 0.343 e. The molecule has 0 fully saturated rings. The molecule has 6 heteroatoms. The first-order chi connectivity index (χ1) is 13.3. The van der Waals surface area contributed by atoms with Crippen LogP contribution in [0.2, 0.25) is 0 Å². The molecule has 3 aromatic rings. The molecular weight excluding hydrogens is 360 g/mol. The zero-order chi connectivity index (χ0) is 20.7. The Morgan fingerprint density at radius 3 is 1.68 bits per heavy atom. The summed E-state index contributed by atoms with van der Waals surface area (Å²) >= 11 is 0. The van der Waals surface area contributed by atoms with Crippen LogP contribution in [0.3, 0.4) is 0 Å². The van der Waals surface area contributed by atoms with E-state index in [2.05, 4.69) is 0 Å². The van der Waals surface area contributed by atoms with Gasteiger partial charge in [-0.3, -0.25) is 0 Å². The average molecular weight is 380 g/mol. The van der Waals surface area contributed by atoms with Crippen molar-refractivity contribution < 1.29 is 29.6 Å².